The fourth-order valence-electron chi connectivity index (χ4n) is 3.93. The summed E-state index contributed by atoms with van der Waals surface area (Å²) in [5.41, 5.74) is 18.3. The first-order valence-electron chi connectivity index (χ1n) is 13.0. The Morgan fingerprint density at radius 1 is 0.976 bits per heavy atom. The number of nitrogens with one attached hydrogen (secondary N) is 3. The molecule has 1 heterocycles. The Hall–Kier alpha value is -4.34. The highest BCUT2D eigenvalue weighted by Crippen LogP contribution is 2.14. The van der Waals surface area contributed by atoms with Gasteiger partial charge in [0.25, 0.3) is 0 Å². The molecular weight excluding hydrogens is 580 g/mol. The number of thiazole rings is 1. The molecule has 0 fully saturated rings. The number of guanidine groups is 1. The summed E-state index contributed by atoms with van der Waals surface area (Å²) < 4.78 is 28.1. The number of Topliss-reactive ketones (excluding diaryl/α,β-unsaturated/α-hetero) is 1. The lowest BCUT2D eigenvalue weighted by molar-refractivity contribution is -0.127. The van der Waals surface area contributed by atoms with Gasteiger partial charge in [0.2, 0.25) is 27.6 Å². The Morgan fingerprint density at radius 2 is 1.69 bits per heavy atom. The quantitative estimate of drug-likeness (QED) is 0.0428. The van der Waals surface area contributed by atoms with Crippen LogP contribution >= 0.6 is 11.3 Å². The van der Waals surface area contributed by atoms with E-state index in [1.165, 1.54) is 6.20 Å². The van der Waals surface area contributed by atoms with Gasteiger partial charge >= 0.3 is 0 Å². The number of hydrogen-bond donors (Lipinski definition) is 6. The van der Waals surface area contributed by atoms with Crippen molar-refractivity contribution < 1.29 is 22.8 Å². The molecule has 0 spiro atoms. The summed E-state index contributed by atoms with van der Waals surface area (Å²) in [6, 6.07) is 13.2. The van der Waals surface area contributed by atoms with E-state index in [2.05, 4.69) is 25.3 Å². The van der Waals surface area contributed by atoms with Crippen LogP contribution in [0.1, 0.15) is 33.8 Å². The Labute approximate surface area is 248 Å². The van der Waals surface area contributed by atoms with Gasteiger partial charge in [0.1, 0.15) is 6.04 Å². The molecule has 9 N–H and O–H groups in total. The van der Waals surface area contributed by atoms with Crippen molar-refractivity contribution in [3.8, 4) is 0 Å². The third-order valence-electron chi connectivity index (χ3n) is 5.92. The van der Waals surface area contributed by atoms with Gasteiger partial charge in [0, 0.05) is 30.2 Å². The summed E-state index contributed by atoms with van der Waals surface area (Å²) in [5.74, 6) is -2.20. The second-order valence-corrected chi connectivity index (χ2v) is 12.0. The van der Waals surface area contributed by atoms with Gasteiger partial charge in [-0.1, -0.05) is 42.5 Å². The number of nitrogens with zero attached hydrogens (tertiary/aromatic N) is 2. The maximum atomic E-state index is 13.1. The number of anilines is 1. The molecule has 0 aliphatic rings. The predicted octanol–water partition coefficient (Wildman–Crippen LogP) is 0.294. The van der Waals surface area contributed by atoms with Crippen molar-refractivity contribution in [2.24, 2.45) is 16.5 Å². The van der Waals surface area contributed by atoms with Crippen LogP contribution < -0.4 is 32.6 Å². The number of carbonyl (C=O) groups is 3. The standard InChI is InChI=1S/C27H34N8O5S2/c28-20-10-8-18(9-11-20)15-22(24(37)26-31-13-14-41-26)34-23(36)16-33-25(38)21(7-4-12-32-27(29)30)35-42(39,40)17-19-5-2-1-3-6-19/h1-3,5-6,8-11,13-14,21-22,35H,4,7,12,15-17,28H2,(H,33,38)(H,34,36)(H4,29,30,32)/t21-,22+/m1/s1. The maximum Gasteiger partial charge on any atom is 0.240 e. The summed E-state index contributed by atoms with van der Waals surface area (Å²) in [6.07, 6.45) is 2.03. The van der Waals surface area contributed by atoms with Crippen LogP contribution in [0, 0.1) is 0 Å². The van der Waals surface area contributed by atoms with Gasteiger partial charge in [-0.25, -0.2) is 18.1 Å². The minimum Gasteiger partial charge on any atom is -0.399 e. The first-order valence-corrected chi connectivity index (χ1v) is 15.5. The largest absolute Gasteiger partial charge is 0.399 e. The van der Waals surface area contributed by atoms with Crippen molar-refractivity contribution in [2.75, 3.05) is 18.8 Å². The first kappa shape index (κ1) is 32.2. The molecule has 3 aromatic rings. The average molecular weight is 615 g/mol. The minimum atomic E-state index is -3.92. The number of sulfonamides is 1. The highest BCUT2D eigenvalue weighted by Gasteiger charge is 2.27. The molecule has 0 aliphatic heterocycles. The molecule has 0 aliphatic carbocycles. The zero-order valence-corrected chi connectivity index (χ0v) is 24.4. The third kappa shape index (κ3) is 10.9. The molecule has 2 amide bonds. The van der Waals surface area contributed by atoms with E-state index in [-0.39, 0.29) is 41.9 Å². The Balaban J connectivity index is 1.66. The lowest BCUT2D eigenvalue weighted by Gasteiger charge is -2.20. The lowest BCUT2D eigenvalue weighted by atomic mass is 10.0. The van der Waals surface area contributed by atoms with Crippen molar-refractivity contribution in [2.45, 2.75) is 37.1 Å². The molecule has 2 atom stereocenters. The van der Waals surface area contributed by atoms with Crippen LogP contribution in [0.15, 0.2) is 71.2 Å². The molecule has 1 aromatic heterocycles. The first-order chi connectivity index (χ1) is 20.0. The second-order valence-electron chi connectivity index (χ2n) is 9.35. The van der Waals surface area contributed by atoms with E-state index in [0.717, 1.165) is 16.9 Å². The molecular formula is C27H34N8O5S2. The molecule has 3 rings (SSSR count). The normalized spacial score (nSPS) is 12.6. The van der Waals surface area contributed by atoms with Gasteiger partial charge < -0.3 is 27.8 Å². The predicted molar refractivity (Wildman–Crippen MR) is 162 cm³/mol. The summed E-state index contributed by atoms with van der Waals surface area (Å²) in [6.45, 7) is -0.314. The number of amides is 2. The average Bonchev–Trinajstić information content (AvgIpc) is 3.49. The van der Waals surface area contributed by atoms with E-state index in [0.29, 0.717) is 17.7 Å². The molecule has 13 nitrogen and oxygen atoms in total. The van der Waals surface area contributed by atoms with Crippen LogP contribution in [0.4, 0.5) is 5.69 Å². The lowest BCUT2D eigenvalue weighted by Crippen LogP contribution is -2.51. The number of aliphatic imine (C=N–C) groups is 1. The zero-order chi connectivity index (χ0) is 30.5. The Bertz CT molecular complexity index is 1460. The minimum absolute atomic E-state index is 0.0700. The van der Waals surface area contributed by atoms with Crippen LogP contribution in [0.5, 0.6) is 0 Å². The number of ketones is 1. The van der Waals surface area contributed by atoms with Crippen LogP contribution in [-0.2, 0) is 31.8 Å². The van der Waals surface area contributed by atoms with Gasteiger partial charge in [0.15, 0.2) is 11.0 Å². The van der Waals surface area contributed by atoms with E-state index < -0.39 is 40.5 Å². The number of nitrogens with two attached hydrogens (primary N) is 3. The maximum absolute atomic E-state index is 13.1. The zero-order valence-electron chi connectivity index (χ0n) is 22.7. The van der Waals surface area contributed by atoms with Crippen molar-refractivity contribution in [3.05, 3.63) is 82.3 Å². The van der Waals surface area contributed by atoms with Crippen molar-refractivity contribution in [1.82, 2.24) is 20.3 Å². The van der Waals surface area contributed by atoms with Gasteiger partial charge in [-0.05, 0) is 36.1 Å². The van der Waals surface area contributed by atoms with Gasteiger partial charge in [-0.2, -0.15) is 0 Å². The van der Waals surface area contributed by atoms with Crippen molar-refractivity contribution in [1.29, 1.82) is 0 Å². The summed E-state index contributed by atoms with van der Waals surface area (Å²) in [5, 5.41) is 7.01. The number of carbonyl (C=O) groups excluding carboxylic acids is 3. The fourth-order valence-corrected chi connectivity index (χ4v) is 5.93. The highest BCUT2D eigenvalue weighted by atomic mass is 32.2. The van der Waals surface area contributed by atoms with Gasteiger partial charge in [-0.3, -0.25) is 19.4 Å². The van der Waals surface area contributed by atoms with E-state index in [9.17, 15) is 22.8 Å². The topological polar surface area (TPSA) is 225 Å². The molecule has 224 valence electrons. The SMILES string of the molecule is NC(N)=NCCC[C@@H](NS(=O)(=O)Cc1ccccc1)C(=O)NCC(=O)N[C@@H](Cc1ccc(N)cc1)C(=O)c1nccs1. The van der Waals surface area contributed by atoms with Crippen LogP contribution in [0.3, 0.4) is 0 Å². The van der Waals surface area contributed by atoms with E-state index >= 15 is 0 Å². The number of benzene rings is 2. The molecule has 0 radical (unpaired) electrons. The van der Waals surface area contributed by atoms with E-state index in [1.54, 1.807) is 60.0 Å². The number of rotatable bonds is 16. The fraction of sp³-hybridized carbons (Fsp3) is 0.296. The van der Waals surface area contributed by atoms with Gasteiger partial charge in [-0.15, -0.1) is 11.3 Å². The van der Waals surface area contributed by atoms with Crippen LogP contribution in [-0.4, -0.2) is 62.1 Å². The van der Waals surface area contributed by atoms with E-state index in [1.807, 2.05) is 0 Å². The summed E-state index contributed by atoms with van der Waals surface area (Å²) in [7, 11) is -3.92. The second kappa shape index (κ2) is 15.6. The Kier molecular flexibility index (Phi) is 12.0. The van der Waals surface area contributed by atoms with E-state index in [4.69, 9.17) is 17.2 Å². The Morgan fingerprint density at radius 3 is 2.33 bits per heavy atom. The molecule has 0 unspecified atom stereocenters. The van der Waals surface area contributed by atoms with Crippen molar-refractivity contribution in [3.63, 3.8) is 0 Å². The van der Waals surface area contributed by atoms with Crippen LogP contribution in [0.2, 0.25) is 0 Å². The van der Waals surface area contributed by atoms with Gasteiger partial charge in [0.05, 0.1) is 18.3 Å². The summed E-state index contributed by atoms with van der Waals surface area (Å²) >= 11 is 1.15. The van der Waals surface area contributed by atoms with Crippen molar-refractivity contribution >= 4 is 50.6 Å². The molecule has 0 saturated carbocycles. The number of aromatic nitrogens is 1. The monoisotopic (exact) mass is 614 g/mol. The smallest absolute Gasteiger partial charge is 0.240 e. The molecule has 0 bridgehead atoms. The van der Waals surface area contributed by atoms with Crippen LogP contribution in [0.25, 0.3) is 0 Å². The molecule has 0 saturated heterocycles. The number of nitrogen functional groups attached to an aromatic ring is 1. The molecule has 15 heteroatoms. The summed E-state index contributed by atoms with van der Waals surface area (Å²) in [4.78, 5) is 46.9. The number of hydrogen-bond acceptors (Lipinski definition) is 9. The third-order valence-corrected chi connectivity index (χ3v) is 8.07. The molecule has 2 aromatic carbocycles. The highest BCUT2D eigenvalue weighted by molar-refractivity contribution is 7.88. The molecule has 42 heavy (non-hydrogen) atoms.